The summed E-state index contributed by atoms with van der Waals surface area (Å²) in [6.45, 7) is 0.437. The Kier molecular flexibility index (Phi) is 4.89. The first-order chi connectivity index (χ1) is 11.5. The second kappa shape index (κ2) is 7.09. The minimum atomic E-state index is -0.974. The van der Waals surface area contributed by atoms with Crippen LogP contribution >= 0.6 is 11.3 Å². The summed E-state index contributed by atoms with van der Waals surface area (Å²) in [7, 11) is 0. The molecule has 1 saturated heterocycles. The van der Waals surface area contributed by atoms with Crippen LogP contribution in [-0.4, -0.2) is 39.5 Å². The Labute approximate surface area is 142 Å². The van der Waals surface area contributed by atoms with Crippen LogP contribution in [0.1, 0.15) is 40.3 Å². The Morgan fingerprint density at radius 1 is 1.38 bits per heavy atom. The Bertz CT molecular complexity index is 762. The fourth-order valence-corrected chi connectivity index (χ4v) is 3.69. The number of aliphatic carboxylic acids is 1. The highest BCUT2D eigenvalue weighted by Gasteiger charge is 2.33. The van der Waals surface area contributed by atoms with Crippen molar-refractivity contribution in [1.82, 2.24) is 9.88 Å². The third kappa shape index (κ3) is 3.62. The van der Waals surface area contributed by atoms with Gasteiger partial charge in [0, 0.05) is 18.3 Å². The molecule has 5 nitrogen and oxygen atoms in total. The van der Waals surface area contributed by atoms with Crippen molar-refractivity contribution < 1.29 is 19.1 Å². The highest BCUT2D eigenvalue weighted by Crippen LogP contribution is 2.22. The van der Waals surface area contributed by atoms with Gasteiger partial charge in [0.2, 0.25) is 0 Å². The van der Waals surface area contributed by atoms with E-state index < -0.39 is 12.0 Å². The number of rotatable bonds is 4. The molecular formula is C17H17FN2O3S. The van der Waals surface area contributed by atoms with Crippen LogP contribution in [0.15, 0.2) is 29.6 Å². The molecule has 1 aromatic heterocycles. The largest absolute Gasteiger partial charge is 0.480 e. The van der Waals surface area contributed by atoms with Crippen LogP contribution < -0.4 is 0 Å². The quantitative estimate of drug-likeness (QED) is 0.922. The van der Waals surface area contributed by atoms with Crippen LogP contribution in [0.4, 0.5) is 4.39 Å². The Morgan fingerprint density at radius 2 is 2.21 bits per heavy atom. The summed E-state index contributed by atoms with van der Waals surface area (Å²) in [6.07, 6.45) is 2.53. The molecule has 1 atom stereocenters. The molecule has 1 aliphatic rings. The number of hydrogen-bond donors (Lipinski definition) is 1. The second-order valence-corrected chi connectivity index (χ2v) is 6.72. The maximum Gasteiger partial charge on any atom is 0.326 e. The number of piperidine rings is 1. The lowest BCUT2D eigenvalue weighted by Gasteiger charge is -2.32. The summed E-state index contributed by atoms with van der Waals surface area (Å²) in [5, 5.41) is 11.6. The van der Waals surface area contributed by atoms with Gasteiger partial charge in [-0.2, -0.15) is 0 Å². The molecule has 0 spiro atoms. The standard InChI is InChI=1S/C17H17FN2O3S/c18-12-5-3-4-11(8-12)9-15-19-13(10-24-15)16(21)20-7-2-1-6-14(20)17(22)23/h3-5,8,10,14H,1-2,6-7,9H2,(H,22,23)/t14-/m1/s1. The Balaban J connectivity index is 1.74. The second-order valence-electron chi connectivity index (χ2n) is 5.78. The number of halogens is 1. The highest BCUT2D eigenvalue weighted by molar-refractivity contribution is 7.09. The van der Waals surface area contributed by atoms with E-state index in [9.17, 15) is 19.1 Å². The molecule has 1 aliphatic heterocycles. The van der Waals surface area contributed by atoms with Gasteiger partial charge in [-0.05, 0) is 37.0 Å². The monoisotopic (exact) mass is 348 g/mol. The first kappa shape index (κ1) is 16.6. The molecule has 1 aromatic carbocycles. The van der Waals surface area contributed by atoms with Crippen molar-refractivity contribution in [2.75, 3.05) is 6.54 Å². The minimum Gasteiger partial charge on any atom is -0.480 e. The van der Waals surface area contributed by atoms with Crippen LogP contribution in [0.3, 0.4) is 0 Å². The van der Waals surface area contributed by atoms with E-state index in [-0.39, 0.29) is 17.4 Å². The molecule has 0 bridgehead atoms. The zero-order valence-electron chi connectivity index (χ0n) is 12.9. The van der Waals surface area contributed by atoms with Crippen LogP contribution in [0.2, 0.25) is 0 Å². The topological polar surface area (TPSA) is 70.5 Å². The predicted molar refractivity (Wildman–Crippen MR) is 87.6 cm³/mol. The third-order valence-electron chi connectivity index (χ3n) is 4.06. The highest BCUT2D eigenvalue weighted by atomic mass is 32.1. The summed E-state index contributed by atoms with van der Waals surface area (Å²) >= 11 is 1.32. The first-order valence-corrected chi connectivity index (χ1v) is 8.65. The van der Waals surface area contributed by atoms with Crippen molar-refractivity contribution in [3.8, 4) is 0 Å². The number of nitrogens with zero attached hydrogens (tertiary/aromatic N) is 2. The van der Waals surface area contributed by atoms with Crippen LogP contribution in [0, 0.1) is 5.82 Å². The van der Waals surface area contributed by atoms with Gasteiger partial charge in [-0.1, -0.05) is 12.1 Å². The number of carboxylic acid groups (broad SMARTS) is 1. The summed E-state index contributed by atoms with van der Waals surface area (Å²) in [5.74, 6) is -1.62. The van der Waals surface area contributed by atoms with E-state index in [4.69, 9.17) is 0 Å². The zero-order chi connectivity index (χ0) is 17.1. The number of benzene rings is 1. The molecule has 1 amide bonds. The molecule has 2 aromatic rings. The molecular weight excluding hydrogens is 331 g/mol. The van der Waals surface area contributed by atoms with Crippen molar-refractivity contribution in [1.29, 1.82) is 0 Å². The average Bonchev–Trinajstić information content (AvgIpc) is 3.02. The van der Waals surface area contributed by atoms with Gasteiger partial charge in [-0.15, -0.1) is 11.3 Å². The van der Waals surface area contributed by atoms with Gasteiger partial charge in [0.05, 0.1) is 5.01 Å². The number of carbonyl (C=O) groups excluding carboxylic acids is 1. The van der Waals surface area contributed by atoms with Crippen LogP contribution in [0.5, 0.6) is 0 Å². The van der Waals surface area contributed by atoms with Gasteiger partial charge in [-0.3, -0.25) is 4.79 Å². The molecule has 7 heteroatoms. The van der Waals surface area contributed by atoms with E-state index in [1.54, 1.807) is 17.5 Å². The van der Waals surface area contributed by atoms with E-state index in [2.05, 4.69) is 4.98 Å². The van der Waals surface area contributed by atoms with E-state index in [0.717, 1.165) is 18.4 Å². The van der Waals surface area contributed by atoms with E-state index in [1.165, 1.54) is 28.4 Å². The summed E-state index contributed by atoms with van der Waals surface area (Å²) in [4.78, 5) is 29.6. The van der Waals surface area contributed by atoms with Crippen molar-refractivity contribution in [2.24, 2.45) is 0 Å². The van der Waals surface area contributed by atoms with E-state index in [0.29, 0.717) is 24.4 Å². The molecule has 2 heterocycles. The summed E-state index contributed by atoms with van der Waals surface area (Å²) < 4.78 is 13.2. The zero-order valence-corrected chi connectivity index (χ0v) is 13.8. The van der Waals surface area contributed by atoms with Crippen LogP contribution in [0.25, 0.3) is 0 Å². The molecule has 0 radical (unpaired) electrons. The molecule has 3 rings (SSSR count). The van der Waals surface area contributed by atoms with Gasteiger partial charge >= 0.3 is 5.97 Å². The molecule has 0 saturated carbocycles. The average molecular weight is 348 g/mol. The number of thiazole rings is 1. The molecule has 1 N–H and O–H groups in total. The van der Waals surface area contributed by atoms with Crippen LogP contribution in [-0.2, 0) is 11.2 Å². The van der Waals surface area contributed by atoms with Crippen molar-refractivity contribution in [2.45, 2.75) is 31.7 Å². The van der Waals surface area contributed by atoms with Gasteiger partial charge < -0.3 is 10.0 Å². The van der Waals surface area contributed by atoms with Gasteiger partial charge in [0.1, 0.15) is 17.6 Å². The molecule has 0 unspecified atom stereocenters. The normalized spacial score (nSPS) is 17.7. The maximum absolute atomic E-state index is 13.2. The number of hydrogen-bond acceptors (Lipinski definition) is 4. The van der Waals surface area contributed by atoms with Crippen molar-refractivity contribution in [3.05, 3.63) is 51.7 Å². The lowest BCUT2D eigenvalue weighted by Crippen LogP contribution is -2.48. The predicted octanol–water partition coefficient (Wildman–Crippen LogP) is 2.95. The molecule has 24 heavy (non-hydrogen) atoms. The SMILES string of the molecule is O=C(O)[C@H]1CCCCN1C(=O)c1csc(Cc2cccc(F)c2)n1. The minimum absolute atomic E-state index is 0.263. The van der Waals surface area contributed by atoms with Gasteiger partial charge in [-0.25, -0.2) is 14.2 Å². The number of carbonyl (C=O) groups is 2. The smallest absolute Gasteiger partial charge is 0.326 e. The van der Waals surface area contributed by atoms with E-state index >= 15 is 0 Å². The fourth-order valence-electron chi connectivity index (χ4n) is 2.89. The lowest BCUT2D eigenvalue weighted by atomic mass is 10.0. The van der Waals surface area contributed by atoms with Crippen molar-refractivity contribution >= 4 is 23.2 Å². The van der Waals surface area contributed by atoms with Gasteiger partial charge in [0.15, 0.2) is 0 Å². The molecule has 1 fully saturated rings. The number of likely N-dealkylation sites (tertiary alicyclic amines) is 1. The number of amides is 1. The Hall–Kier alpha value is -2.28. The first-order valence-electron chi connectivity index (χ1n) is 7.77. The number of aromatic nitrogens is 1. The Morgan fingerprint density at radius 3 is 2.96 bits per heavy atom. The molecule has 126 valence electrons. The third-order valence-corrected chi connectivity index (χ3v) is 4.91. The van der Waals surface area contributed by atoms with Crippen molar-refractivity contribution in [3.63, 3.8) is 0 Å². The summed E-state index contributed by atoms with van der Waals surface area (Å²) in [5.41, 5.74) is 1.05. The van der Waals surface area contributed by atoms with Gasteiger partial charge in [0.25, 0.3) is 5.91 Å². The fraction of sp³-hybridized carbons (Fsp3) is 0.353. The maximum atomic E-state index is 13.2. The molecule has 0 aliphatic carbocycles. The number of carboxylic acids is 1. The summed E-state index contributed by atoms with van der Waals surface area (Å²) in [6, 6.07) is 5.48. The van der Waals surface area contributed by atoms with E-state index in [1.807, 2.05) is 0 Å². The lowest BCUT2D eigenvalue weighted by molar-refractivity contribution is -0.143.